The zero-order chi connectivity index (χ0) is 17.8. The molecular formula is C18H19N3O4. The Morgan fingerprint density at radius 3 is 2.80 bits per heavy atom. The molecule has 1 amide bonds. The molecule has 2 heterocycles. The number of carboxylic acid groups (broad SMARTS) is 1. The van der Waals surface area contributed by atoms with E-state index in [4.69, 9.17) is 9.84 Å². The van der Waals surface area contributed by atoms with Crippen LogP contribution in [0.4, 0.5) is 11.5 Å². The fraction of sp³-hybridized carbons (Fsp3) is 0.278. The lowest BCUT2D eigenvalue weighted by atomic mass is 10.1. The largest absolute Gasteiger partial charge is 0.495 e. The van der Waals surface area contributed by atoms with E-state index < -0.39 is 11.9 Å². The number of nitrogens with zero attached hydrogens (tertiary/aromatic N) is 2. The molecule has 1 aliphatic rings. The lowest BCUT2D eigenvalue weighted by molar-refractivity contribution is -0.141. The predicted molar refractivity (Wildman–Crippen MR) is 92.2 cm³/mol. The van der Waals surface area contributed by atoms with Crippen molar-refractivity contribution in [3.05, 3.63) is 48.2 Å². The summed E-state index contributed by atoms with van der Waals surface area (Å²) in [6.07, 6.45) is 2.06. The number of carboxylic acids is 1. The molecule has 7 heteroatoms. The van der Waals surface area contributed by atoms with Crippen LogP contribution in [0.15, 0.2) is 42.6 Å². The average molecular weight is 341 g/mol. The van der Waals surface area contributed by atoms with Gasteiger partial charge in [0.05, 0.1) is 24.3 Å². The van der Waals surface area contributed by atoms with Crippen molar-refractivity contribution in [2.75, 3.05) is 25.5 Å². The maximum Gasteiger partial charge on any atom is 0.308 e. The Morgan fingerprint density at radius 2 is 2.08 bits per heavy atom. The molecule has 2 N–H and O–H groups in total. The van der Waals surface area contributed by atoms with Crippen molar-refractivity contribution in [3.63, 3.8) is 0 Å². The first kappa shape index (κ1) is 16.8. The monoisotopic (exact) mass is 341 g/mol. The number of rotatable bonds is 5. The highest BCUT2D eigenvalue weighted by molar-refractivity contribution is 6.00. The minimum atomic E-state index is -0.867. The summed E-state index contributed by atoms with van der Waals surface area (Å²) >= 11 is 0. The summed E-state index contributed by atoms with van der Waals surface area (Å²) in [5.74, 6) is -0.552. The average Bonchev–Trinajstić information content (AvgIpc) is 3.12. The number of methoxy groups -OCH3 is 1. The zero-order valence-corrected chi connectivity index (χ0v) is 13.8. The molecular weight excluding hydrogens is 322 g/mol. The standard InChI is InChI=1S/C18H19N3O4/c1-25-15-7-3-2-6-14(15)20-16-13(5-4-9-19-16)17(22)21-10-8-12(11-21)18(23)24/h2-7,9,12H,8,10-11H2,1H3,(H,19,20)(H,23,24)/t12-/m1/s1. The van der Waals surface area contributed by atoms with Gasteiger partial charge in [0.25, 0.3) is 5.91 Å². The van der Waals surface area contributed by atoms with Gasteiger partial charge in [0.2, 0.25) is 0 Å². The van der Waals surface area contributed by atoms with Crippen LogP contribution in [0.5, 0.6) is 5.75 Å². The molecule has 1 aliphatic heterocycles. The Morgan fingerprint density at radius 1 is 1.28 bits per heavy atom. The Kier molecular flexibility index (Phi) is 4.83. The highest BCUT2D eigenvalue weighted by Gasteiger charge is 2.32. The van der Waals surface area contributed by atoms with E-state index in [9.17, 15) is 9.59 Å². The lowest BCUT2D eigenvalue weighted by Crippen LogP contribution is -2.30. The van der Waals surface area contributed by atoms with E-state index in [1.165, 1.54) is 0 Å². The minimum Gasteiger partial charge on any atom is -0.495 e. The number of benzene rings is 1. The van der Waals surface area contributed by atoms with E-state index in [0.717, 1.165) is 0 Å². The van der Waals surface area contributed by atoms with Gasteiger partial charge in [0.1, 0.15) is 11.6 Å². The number of para-hydroxylation sites is 2. The van der Waals surface area contributed by atoms with E-state index in [1.807, 2.05) is 24.3 Å². The second-order valence-electron chi connectivity index (χ2n) is 5.80. The molecule has 130 valence electrons. The van der Waals surface area contributed by atoms with Crippen LogP contribution in [-0.4, -0.2) is 47.1 Å². The van der Waals surface area contributed by atoms with Crippen molar-refractivity contribution in [2.45, 2.75) is 6.42 Å². The number of aromatic nitrogens is 1. The van der Waals surface area contributed by atoms with Crippen LogP contribution in [-0.2, 0) is 4.79 Å². The Bertz CT molecular complexity index is 793. The quantitative estimate of drug-likeness (QED) is 0.867. The predicted octanol–water partition coefficient (Wildman–Crippen LogP) is 2.38. The zero-order valence-electron chi connectivity index (χ0n) is 13.8. The van der Waals surface area contributed by atoms with Gasteiger partial charge < -0.3 is 20.1 Å². The molecule has 0 aliphatic carbocycles. The number of aliphatic carboxylic acids is 1. The topological polar surface area (TPSA) is 91.8 Å². The summed E-state index contributed by atoms with van der Waals surface area (Å²) in [6.45, 7) is 0.649. The molecule has 7 nitrogen and oxygen atoms in total. The first-order valence-corrected chi connectivity index (χ1v) is 7.97. The van der Waals surface area contributed by atoms with Crippen molar-refractivity contribution in [3.8, 4) is 5.75 Å². The number of ether oxygens (including phenoxy) is 1. The number of amides is 1. The van der Waals surface area contributed by atoms with Crippen molar-refractivity contribution >= 4 is 23.4 Å². The molecule has 3 rings (SSSR count). The van der Waals surface area contributed by atoms with Gasteiger partial charge in [0, 0.05) is 19.3 Å². The van der Waals surface area contributed by atoms with Gasteiger partial charge in [-0.25, -0.2) is 4.98 Å². The van der Waals surface area contributed by atoms with Gasteiger partial charge in [-0.1, -0.05) is 12.1 Å². The summed E-state index contributed by atoms with van der Waals surface area (Å²) in [5, 5.41) is 12.2. The molecule has 1 aromatic heterocycles. The van der Waals surface area contributed by atoms with E-state index in [0.29, 0.717) is 35.8 Å². The van der Waals surface area contributed by atoms with Crippen LogP contribution in [0.2, 0.25) is 0 Å². The maximum atomic E-state index is 12.8. The molecule has 25 heavy (non-hydrogen) atoms. The van der Waals surface area contributed by atoms with Crippen LogP contribution >= 0.6 is 0 Å². The molecule has 0 spiro atoms. The number of hydrogen-bond donors (Lipinski definition) is 2. The van der Waals surface area contributed by atoms with Crippen LogP contribution in [0.3, 0.4) is 0 Å². The second-order valence-corrected chi connectivity index (χ2v) is 5.80. The van der Waals surface area contributed by atoms with Gasteiger partial charge in [-0.15, -0.1) is 0 Å². The lowest BCUT2D eigenvalue weighted by Gasteiger charge is -2.18. The maximum absolute atomic E-state index is 12.8. The Labute approximate surface area is 145 Å². The van der Waals surface area contributed by atoms with Crippen LogP contribution in [0.1, 0.15) is 16.8 Å². The molecule has 0 saturated carbocycles. The van der Waals surface area contributed by atoms with Crippen LogP contribution in [0, 0.1) is 5.92 Å². The smallest absolute Gasteiger partial charge is 0.308 e. The molecule has 0 radical (unpaired) electrons. The van der Waals surface area contributed by atoms with Crippen molar-refractivity contribution in [1.82, 2.24) is 9.88 Å². The fourth-order valence-corrected chi connectivity index (χ4v) is 2.87. The number of carbonyl (C=O) groups excluding carboxylic acids is 1. The number of pyridine rings is 1. The Hall–Kier alpha value is -3.09. The van der Waals surface area contributed by atoms with E-state index in [1.54, 1.807) is 30.3 Å². The second kappa shape index (κ2) is 7.21. The summed E-state index contributed by atoms with van der Waals surface area (Å²) in [4.78, 5) is 29.7. The highest BCUT2D eigenvalue weighted by atomic mass is 16.5. The number of carbonyl (C=O) groups is 2. The third kappa shape index (κ3) is 3.55. The van der Waals surface area contributed by atoms with Gasteiger partial charge in [0.15, 0.2) is 0 Å². The van der Waals surface area contributed by atoms with E-state index in [-0.39, 0.29) is 12.5 Å². The molecule has 1 fully saturated rings. The molecule has 2 aromatic rings. The molecule has 1 atom stereocenters. The first-order chi connectivity index (χ1) is 12.1. The summed E-state index contributed by atoms with van der Waals surface area (Å²) in [7, 11) is 1.57. The first-order valence-electron chi connectivity index (χ1n) is 7.97. The summed E-state index contributed by atoms with van der Waals surface area (Å²) in [6, 6.07) is 10.7. The third-order valence-electron chi connectivity index (χ3n) is 4.22. The molecule has 1 saturated heterocycles. The van der Waals surface area contributed by atoms with Crippen LogP contribution < -0.4 is 10.1 Å². The number of anilines is 2. The van der Waals surface area contributed by atoms with Crippen molar-refractivity contribution < 1.29 is 19.4 Å². The van der Waals surface area contributed by atoms with Gasteiger partial charge in [-0.05, 0) is 30.7 Å². The van der Waals surface area contributed by atoms with Gasteiger partial charge in [-0.2, -0.15) is 0 Å². The summed E-state index contributed by atoms with van der Waals surface area (Å²) < 4.78 is 5.31. The Balaban J connectivity index is 1.84. The number of hydrogen-bond acceptors (Lipinski definition) is 5. The SMILES string of the molecule is COc1ccccc1Nc1ncccc1C(=O)N1CC[C@@H](C(=O)O)C1. The fourth-order valence-electron chi connectivity index (χ4n) is 2.87. The number of likely N-dealkylation sites (tertiary alicyclic amines) is 1. The van der Waals surface area contributed by atoms with Gasteiger partial charge >= 0.3 is 5.97 Å². The third-order valence-corrected chi connectivity index (χ3v) is 4.22. The molecule has 1 aromatic carbocycles. The van der Waals surface area contributed by atoms with Crippen molar-refractivity contribution in [2.24, 2.45) is 5.92 Å². The van der Waals surface area contributed by atoms with Crippen LogP contribution in [0.25, 0.3) is 0 Å². The van der Waals surface area contributed by atoms with Gasteiger partial charge in [-0.3, -0.25) is 9.59 Å². The molecule has 0 bridgehead atoms. The van der Waals surface area contributed by atoms with E-state index in [2.05, 4.69) is 10.3 Å². The highest BCUT2D eigenvalue weighted by Crippen LogP contribution is 2.28. The van der Waals surface area contributed by atoms with E-state index >= 15 is 0 Å². The minimum absolute atomic E-state index is 0.219. The van der Waals surface area contributed by atoms with Crippen molar-refractivity contribution in [1.29, 1.82) is 0 Å². The normalized spacial score (nSPS) is 16.5. The molecule has 0 unspecified atom stereocenters. The summed E-state index contributed by atoms with van der Waals surface area (Å²) in [5.41, 5.74) is 1.10. The number of nitrogens with one attached hydrogen (secondary N) is 1.